The first kappa shape index (κ1) is 18.1. The number of ether oxygens (including phenoxy) is 2. The lowest BCUT2D eigenvalue weighted by atomic mass is 9.95. The zero-order valence-electron chi connectivity index (χ0n) is 15.5. The maximum absolute atomic E-state index is 12.3. The van der Waals surface area contributed by atoms with Crippen LogP contribution in [-0.4, -0.2) is 62.1 Å². The highest BCUT2D eigenvalue weighted by molar-refractivity contribution is 5.79. The van der Waals surface area contributed by atoms with Gasteiger partial charge in [0.05, 0.1) is 20.8 Å². The second-order valence-electron chi connectivity index (χ2n) is 7.08. The first-order valence-corrected chi connectivity index (χ1v) is 9.44. The lowest BCUT2D eigenvalue weighted by Gasteiger charge is -2.38. The molecule has 138 valence electrons. The third-order valence-corrected chi connectivity index (χ3v) is 5.51. The summed E-state index contributed by atoms with van der Waals surface area (Å²) in [6, 6.07) is 6.66. The van der Waals surface area contributed by atoms with Crippen molar-refractivity contribution in [2.75, 3.05) is 40.4 Å². The molecule has 2 saturated heterocycles. The molecule has 25 heavy (non-hydrogen) atoms. The van der Waals surface area contributed by atoms with Crippen molar-refractivity contribution in [1.82, 2.24) is 9.80 Å². The Morgan fingerprint density at radius 2 is 1.88 bits per heavy atom. The summed E-state index contributed by atoms with van der Waals surface area (Å²) in [6.45, 7) is 3.54. The zero-order valence-corrected chi connectivity index (χ0v) is 15.5. The van der Waals surface area contributed by atoms with E-state index in [9.17, 15) is 4.79 Å². The van der Waals surface area contributed by atoms with Gasteiger partial charge in [-0.25, -0.2) is 0 Å². The largest absolute Gasteiger partial charge is 0.493 e. The Kier molecular flexibility index (Phi) is 6.19. The van der Waals surface area contributed by atoms with Crippen molar-refractivity contribution in [3.05, 3.63) is 23.8 Å². The SMILES string of the molecule is COc1ccc(CCC2CCCCN2CC(=O)N2CCC2)cc1OC. The molecule has 0 saturated carbocycles. The number of carbonyl (C=O) groups is 1. The van der Waals surface area contributed by atoms with E-state index in [4.69, 9.17) is 9.47 Å². The number of likely N-dealkylation sites (tertiary alicyclic amines) is 2. The molecule has 0 spiro atoms. The van der Waals surface area contributed by atoms with E-state index in [1.165, 1.54) is 24.8 Å². The highest BCUT2D eigenvalue weighted by Crippen LogP contribution is 2.29. The highest BCUT2D eigenvalue weighted by atomic mass is 16.5. The van der Waals surface area contributed by atoms with Gasteiger partial charge in [-0.3, -0.25) is 9.69 Å². The number of nitrogens with zero attached hydrogens (tertiary/aromatic N) is 2. The Morgan fingerprint density at radius 3 is 2.56 bits per heavy atom. The molecule has 0 bridgehead atoms. The fourth-order valence-electron chi connectivity index (χ4n) is 3.80. The van der Waals surface area contributed by atoms with E-state index in [-0.39, 0.29) is 0 Å². The normalized spacial score (nSPS) is 20.9. The fraction of sp³-hybridized carbons (Fsp3) is 0.650. The molecule has 1 atom stereocenters. The van der Waals surface area contributed by atoms with E-state index in [0.29, 0.717) is 18.5 Å². The van der Waals surface area contributed by atoms with Crippen molar-refractivity contribution in [3.63, 3.8) is 0 Å². The number of aryl methyl sites for hydroxylation is 1. The molecule has 2 aliphatic heterocycles. The summed E-state index contributed by atoms with van der Waals surface area (Å²) < 4.78 is 10.7. The molecular weight excluding hydrogens is 316 g/mol. The number of carbonyl (C=O) groups excluding carboxylic acids is 1. The van der Waals surface area contributed by atoms with Crippen LogP contribution in [-0.2, 0) is 11.2 Å². The van der Waals surface area contributed by atoms with E-state index in [0.717, 1.165) is 50.4 Å². The smallest absolute Gasteiger partial charge is 0.236 e. The average molecular weight is 346 g/mol. The standard InChI is InChI=1S/C20H30N2O3/c1-24-18-10-8-16(14-19(18)25-2)7-9-17-6-3-4-11-22(17)15-20(23)21-12-5-13-21/h8,10,14,17H,3-7,9,11-13,15H2,1-2H3. The van der Waals surface area contributed by atoms with Crippen LogP contribution >= 0.6 is 0 Å². The summed E-state index contributed by atoms with van der Waals surface area (Å²) in [6.07, 6.45) is 6.92. The van der Waals surface area contributed by atoms with E-state index < -0.39 is 0 Å². The van der Waals surface area contributed by atoms with Crippen LogP contribution in [0.25, 0.3) is 0 Å². The maximum atomic E-state index is 12.3. The first-order chi connectivity index (χ1) is 12.2. The number of methoxy groups -OCH3 is 2. The van der Waals surface area contributed by atoms with Crippen molar-refractivity contribution in [2.45, 2.75) is 44.6 Å². The molecule has 1 amide bonds. The summed E-state index contributed by atoms with van der Waals surface area (Å²) in [4.78, 5) is 16.7. The Morgan fingerprint density at radius 1 is 1.08 bits per heavy atom. The molecule has 2 fully saturated rings. The Bertz CT molecular complexity index is 586. The average Bonchev–Trinajstić information content (AvgIpc) is 2.59. The van der Waals surface area contributed by atoms with Crippen molar-refractivity contribution in [2.24, 2.45) is 0 Å². The molecular formula is C20H30N2O3. The number of amides is 1. The predicted molar refractivity (Wildman–Crippen MR) is 98.3 cm³/mol. The minimum absolute atomic E-state index is 0.310. The van der Waals surface area contributed by atoms with E-state index in [1.54, 1.807) is 14.2 Å². The number of rotatable bonds is 7. The molecule has 0 aliphatic carbocycles. The molecule has 1 aromatic carbocycles. The van der Waals surface area contributed by atoms with Gasteiger partial charge in [0.2, 0.25) is 5.91 Å². The van der Waals surface area contributed by atoms with Crippen molar-refractivity contribution < 1.29 is 14.3 Å². The molecule has 3 rings (SSSR count). The van der Waals surface area contributed by atoms with Crippen LogP contribution in [0.2, 0.25) is 0 Å². The lowest BCUT2D eigenvalue weighted by Crippen LogP contribution is -2.50. The summed E-state index contributed by atoms with van der Waals surface area (Å²) >= 11 is 0. The Balaban J connectivity index is 1.57. The molecule has 0 radical (unpaired) electrons. The molecule has 2 heterocycles. The van der Waals surface area contributed by atoms with E-state index in [2.05, 4.69) is 17.0 Å². The third kappa shape index (κ3) is 4.46. The molecule has 2 aliphatic rings. The van der Waals surface area contributed by atoms with Gasteiger partial charge in [0, 0.05) is 19.1 Å². The quantitative estimate of drug-likeness (QED) is 0.761. The van der Waals surface area contributed by atoms with Gasteiger partial charge in [-0.05, 0) is 56.3 Å². The second-order valence-corrected chi connectivity index (χ2v) is 7.08. The maximum Gasteiger partial charge on any atom is 0.236 e. The summed E-state index contributed by atoms with van der Waals surface area (Å²) in [5.74, 6) is 1.86. The van der Waals surface area contributed by atoms with Crippen molar-refractivity contribution in [3.8, 4) is 11.5 Å². The highest BCUT2D eigenvalue weighted by Gasteiger charge is 2.27. The third-order valence-electron chi connectivity index (χ3n) is 5.51. The van der Waals surface area contributed by atoms with Gasteiger partial charge in [-0.1, -0.05) is 12.5 Å². The molecule has 0 aromatic heterocycles. The van der Waals surface area contributed by atoms with Gasteiger partial charge >= 0.3 is 0 Å². The summed E-state index contributed by atoms with van der Waals surface area (Å²) in [5.41, 5.74) is 1.26. The molecule has 1 unspecified atom stereocenters. The van der Waals surface area contributed by atoms with Crippen molar-refractivity contribution >= 4 is 5.91 Å². The molecule has 5 nitrogen and oxygen atoms in total. The Hall–Kier alpha value is -1.75. The minimum Gasteiger partial charge on any atom is -0.493 e. The topological polar surface area (TPSA) is 42.0 Å². The fourth-order valence-corrected chi connectivity index (χ4v) is 3.80. The molecule has 5 heteroatoms. The monoisotopic (exact) mass is 346 g/mol. The van der Waals surface area contributed by atoms with Crippen molar-refractivity contribution in [1.29, 1.82) is 0 Å². The van der Waals surface area contributed by atoms with E-state index in [1.807, 2.05) is 11.0 Å². The number of hydrogen-bond donors (Lipinski definition) is 0. The van der Waals surface area contributed by atoms with Gasteiger partial charge in [0.15, 0.2) is 11.5 Å². The van der Waals surface area contributed by atoms with Crippen LogP contribution in [0, 0.1) is 0 Å². The number of benzene rings is 1. The van der Waals surface area contributed by atoms with Gasteiger partial charge < -0.3 is 14.4 Å². The first-order valence-electron chi connectivity index (χ1n) is 9.44. The molecule has 1 aromatic rings. The van der Waals surface area contributed by atoms with E-state index >= 15 is 0 Å². The summed E-state index contributed by atoms with van der Waals surface area (Å²) in [5, 5.41) is 0. The molecule has 0 N–H and O–H groups in total. The van der Waals surface area contributed by atoms with Gasteiger partial charge in [0.25, 0.3) is 0 Å². The minimum atomic E-state index is 0.310. The zero-order chi connectivity index (χ0) is 17.6. The summed E-state index contributed by atoms with van der Waals surface area (Å²) in [7, 11) is 3.33. The number of hydrogen-bond acceptors (Lipinski definition) is 4. The van der Waals surface area contributed by atoms with Gasteiger partial charge in [-0.2, -0.15) is 0 Å². The van der Waals surface area contributed by atoms with Crippen LogP contribution in [0.5, 0.6) is 11.5 Å². The van der Waals surface area contributed by atoms with Crippen LogP contribution in [0.1, 0.15) is 37.7 Å². The number of piperidine rings is 1. The lowest BCUT2D eigenvalue weighted by molar-refractivity contribution is -0.136. The van der Waals surface area contributed by atoms with Crippen LogP contribution in [0.4, 0.5) is 0 Å². The Labute approximate surface area is 150 Å². The van der Waals surface area contributed by atoms with Gasteiger partial charge in [0.1, 0.15) is 0 Å². The van der Waals surface area contributed by atoms with Crippen LogP contribution in [0.15, 0.2) is 18.2 Å². The van der Waals surface area contributed by atoms with Gasteiger partial charge in [-0.15, -0.1) is 0 Å². The predicted octanol–water partition coefficient (Wildman–Crippen LogP) is 2.72. The van der Waals surface area contributed by atoms with Crippen LogP contribution in [0.3, 0.4) is 0 Å². The second kappa shape index (κ2) is 8.56. The van der Waals surface area contributed by atoms with Crippen LogP contribution < -0.4 is 9.47 Å².